The molecule has 0 bridgehead atoms. The topological polar surface area (TPSA) is 123 Å². The molecule has 32 heavy (non-hydrogen) atoms. The van der Waals surface area contributed by atoms with Gasteiger partial charge in [-0.25, -0.2) is 13.1 Å². The van der Waals surface area contributed by atoms with Crippen LogP contribution in [0.4, 0.5) is 5.69 Å². The maximum atomic E-state index is 12.4. The van der Waals surface area contributed by atoms with Crippen molar-refractivity contribution in [1.29, 1.82) is 0 Å². The minimum absolute atomic E-state index is 0.105. The Morgan fingerprint density at radius 1 is 1.12 bits per heavy atom. The van der Waals surface area contributed by atoms with Gasteiger partial charge in [0.2, 0.25) is 27.6 Å². The molecule has 3 aromatic rings. The third-order valence-corrected chi connectivity index (χ3v) is 6.17. The average Bonchev–Trinajstić information content (AvgIpc) is 3.22. The average molecular weight is 459 g/mol. The van der Waals surface area contributed by atoms with Gasteiger partial charge in [-0.15, -0.1) is 0 Å². The number of ether oxygens (including phenoxy) is 1. The van der Waals surface area contributed by atoms with Crippen molar-refractivity contribution in [2.24, 2.45) is 0 Å². The van der Waals surface area contributed by atoms with E-state index in [0.717, 1.165) is 11.1 Å². The number of aromatic nitrogens is 2. The van der Waals surface area contributed by atoms with Gasteiger partial charge in [-0.1, -0.05) is 35.0 Å². The number of hydrogen-bond donors (Lipinski definition) is 2. The van der Waals surface area contributed by atoms with Crippen molar-refractivity contribution >= 4 is 21.6 Å². The van der Waals surface area contributed by atoms with Crippen LogP contribution in [0, 0.1) is 6.92 Å². The number of hydrogen-bond acceptors (Lipinski definition) is 7. The summed E-state index contributed by atoms with van der Waals surface area (Å²) < 4.78 is 37.4. The molecular formula is C22H26N4O5S. The lowest BCUT2D eigenvalue weighted by Crippen LogP contribution is -2.35. The van der Waals surface area contributed by atoms with E-state index in [1.54, 1.807) is 6.92 Å². The third-order valence-electron chi connectivity index (χ3n) is 4.57. The second-order valence-electron chi connectivity index (χ2n) is 7.43. The molecule has 0 aliphatic rings. The Morgan fingerprint density at radius 2 is 1.81 bits per heavy atom. The van der Waals surface area contributed by atoms with E-state index in [1.165, 1.54) is 31.4 Å². The van der Waals surface area contributed by atoms with Gasteiger partial charge in [-0.2, -0.15) is 4.98 Å². The van der Waals surface area contributed by atoms with Crippen LogP contribution in [0.2, 0.25) is 0 Å². The summed E-state index contributed by atoms with van der Waals surface area (Å²) in [7, 11) is -2.16. The number of nitrogens with one attached hydrogen (secondary N) is 2. The minimum Gasteiger partial charge on any atom is -0.383 e. The molecule has 0 saturated carbocycles. The highest BCUT2D eigenvalue weighted by molar-refractivity contribution is 7.89. The number of nitrogens with zero attached hydrogens (tertiary/aromatic N) is 2. The predicted octanol–water partition coefficient (Wildman–Crippen LogP) is 2.93. The number of carbonyl (C=O) groups is 1. The van der Waals surface area contributed by atoms with Crippen molar-refractivity contribution in [3.63, 3.8) is 0 Å². The first-order chi connectivity index (χ1) is 15.3. The molecule has 0 saturated heterocycles. The quantitative estimate of drug-likeness (QED) is 0.479. The monoisotopic (exact) mass is 458 g/mol. The van der Waals surface area contributed by atoms with E-state index in [0.29, 0.717) is 23.8 Å². The molecule has 1 heterocycles. The van der Waals surface area contributed by atoms with Crippen LogP contribution >= 0.6 is 0 Å². The maximum absolute atomic E-state index is 12.4. The molecular weight excluding hydrogens is 432 g/mol. The molecule has 0 aliphatic heterocycles. The molecule has 0 radical (unpaired) electrons. The van der Waals surface area contributed by atoms with Crippen molar-refractivity contribution in [2.45, 2.75) is 37.6 Å². The summed E-state index contributed by atoms with van der Waals surface area (Å²) in [5, 5.41) is 6.69. The number of rotatable bonds is 10. The molecule has 2 aromatic carbocycles. The zero-order valence-electron chi connectivity index (χ0n) is 18.2. The molecule has 0 fully saturated rings. The van der Waals surface area contributed by atoms with Gasteiger partial charge in [0, 0.05) is 37.2 Å². The number of carbonyl (C=O) groups excluding carboxylic acids is 1. The summed E-state index contributed by atoms with van der Waals surface area (Å²) >= 11 is 0. The van der Waals surface area contributed by atoms with E-state index in [2.05, 4.69) is 20.2 Å². The highest BCUT2D eigenvalue weighted by Crippen LogP contribution is 2.18. The van der Waals surface area contributed by atoms with Gasteiger partial charge in [-0.05, 0) is 38.1 Å². The first kappa shape index (κ1) is 23.6. The smallest absolute Gasteiger partial charge is 0.240 e. The summed E-state index contributed by atoms with van der Waals surface area (Å²) in [6, 6.07) is 13.3. The first-order valence-corrected chi connectivity index (χ1v) is 11.6. The van der Waals surface area contributed by atoms with Crippen LogP contribution in [0.5, 0.6) is 0 Å². The molecule has 170 valence electrons. The fourth-order valence-electron chi connectivity index (χ4n) is 2.95. The summed E-state index contributed by atoms with van der Waals surface area (Å²) in [5.41, 5.74) is 2.47. The normalized spacial score (nSPS) is 12.5. The lowest BCUT2D eigenvalue weighted by Gasteiger charge is -2.13. The van der Waals surface area contributed by atoms with Crippen molar-refractivity contribution in [1.82, 2.24) is 14.9 Å². The highest BCUT2D eigenvalue weighted by atomic mass is 32.2. The SMILES string of the molecule is COCC(C)NS(=O)(=O)c1ccc(NC(=O)CCc2nc(-c3ccc(C)cc3)no2)cc1. The molecule has 1 unspecified atom stereocenters. The van der Waals surface area contributed by atoms with Crippen molar-refractivity contribution in [3.8, 4) is 11.4 Å². The predicted molar refractivity (Wildman–Crippen MR) is 120 cm³/mol. The lowest BCUT2D eigenvalue weighted by molar-refractivity contribution is -0.116. The molecule has 0 spiro atoms. The lowest BCUT2D eigenvalue weighted by atomic mass is 10.1. The van der Waals surface area contributed by atoms with Crippen LogP contribution in [-0.4, -0.2) is 44.2 Å². The molecule has 9 nitrogen and oxygen atoms in total. The van der Waals surface area contributed by atoms with Gasteiger partial charge in [-0.3, -0.25) is 4.79 Å². The standard InChI is InChI=1S/C22H26N4O5S/c1-15-4-6-17(7-5-15)22-24-21(31-25-22)13-12-20(27)23-18-8-10-19(11-9-18)32(28,29)26-16(2)14-30-3/h4-11,16,26H,12-14H2,1-3H3,(H,23,27). The molecule has 2 N–H and O–H groups in total. The van der Waals surface area contributed by atoms with Crippen molar-refractivity contribution < 1.29 is 22.5 Å². The first-order valence-electron chi connectivity index (χ1n) is 10.1. The Kier molecular flexibility index (Phi) is 7.73. The van der Waals surface area contributed by atoms with Gasteiger partial charge in [0.15, 0.2) is 0 Å². The third kappa shape index (κ3) is 6.46. The minimum atomic E-state index is -3.67. The summed E-state index contributed by atoms with van der Waals surface area (Å²) in [6.07, 6.45) is 0.435. The summed E-state index contributed by atoms with van der Waals surface area (Å²) in [6.45, 7) is 3.97. The van der Waals surface area contributed by atoms with E-state index in [9.17, 15) is 13.2 Å². The van der Waals surface area contributed by atoms with Crippen LogP contribution in [0.1, 0.15) is 24.8 Å². The zero-order valence-corrected chi connectivity index (χ0v) is 19.0. The Bertz CT molecular complexity index is 1140. The largest absolute Gasteiger partial charge is 0.383 e. The number of anilines is 1. The Morgan fingerprint density at radius 3 is 2.47 bits per heavy atom. The van der Waals surface area contributed by atoms with Crippen LogP contribution in [0.25, 0.3) is 11.4 Å². The number of aryl methyl sites for hydroxylation is 2. The second-order valence-corrected chi connectivity index (χ2v) is 9.14. The number of amides is 1. The van der Waals surface area contributed by atoms with E-state index < -0.39 is 10.0 Å². The summed E-state index contributed by atoms with van der Waals surface area (Å²) in [4.78, 5) is 16.7. The van der Waals surface area contributed by atoms with E-state index in [1.807, 2.05) is 31.2 Å². The van der Waals surface area contributed by atoms with Crippen molar-refractivity contribution in [2.75, 3.05) is 19.0 Å². The fraction of sp³-hybridized carbons (Fsp3) is 0.318. The Hall–Kier alpha value is -3.08. The van der Waals surface area contributed by atoms with Crippen molar-refractivity contribution in [3.05, 3.63) is 60.0 Å². The molecule has 3 rings (SSSR count). The van der Waals surface area contributed by atoms with Gasteiger partial charge >= 0.3 is 0 Å². The van der Waals surface area contributed by atoms with Gasteiger partial charge in [0.25, 0.3) is 0 Å². The molecule has 1 aromatic heterocycles. The van der Waals surface area contributed by atoms with E-state index in [4.69, 9.17) is 9.26 Å². The van der Waals surface area contributed by atoms with Gasteiger partial charge in [0.1, 0.15) is 0 Å². The molecule has 1 amide bonds. The summed E-state index contributed by atoms with van der Waals surface area (Å²) in [5.74, 6) is 0.599. The number of benzene rings is 2. The molecule has 0 aliphatic carbocycles. The van der Waals surface area contributed by atoms with Gasteiger partial charge < -0.3 is 14.6 Å². The van der Waals surface area contributed by atoms with Gasteiger partial charge in [0.05, 0.1) is 11.5 Å². The van der Waals surface area contributed by atoms with Crippen LogP contribution in [0.3, 0.4) is 0 Å². The zero-order chi connectivity index (χ0) is 23.1. The number of sulfonamides is 1. The van der Waals surface area contributed by atoms with Crippen LogP contribution in [-0.2, 0) is 26.0 Å². The Labute approximate surface area is 187 Å². The Balaban J connectivity index is 1.53. The van der Waals surface area contributed by atoms with Crippen LogP contribution in [0.15, 0.2) is 57.9 Å². The van der Waals surface area contributed by atoms with E-state index in [-0.39, 0.29) is 29.9 Å². The molecule has 10 heteroatoms. The molecule has 1 atom stereocenters. The van der Waals surface area contributed by atoms with E-state index >= 15 is 0 Å². The maximum Gasteiger partial charge on any atom is 0.240 e. The number of methoxy groups -OCH3 is 1. The van der Waals surface area contributed by atoms with Crippen LogP contribution < -0.4 is 10.0 Å². The fourth-order valence-corrected chi connectivity index (χ4v) is 4.18. The highest BCUT2D eigenvalue weighted by Gasteiger charge is 2.17. The second kappa shape index (κ2) is 10.5.